The van der Waals surface area contributed by atoms with Gasteiger partial charge in [0.05, 0.1) is 0 Å². The topological polar surface area (TPSA) is 0 Å². The summed E-state index contributed by atoms with van der Waals surface area (Å²) in [5, 5.41) is 0. The van der Waals surface area contributed by atoms with Gasteiger partial charge in [0, 0.05) is 0 Å². The Morgan fingerprint density at radius 2 is 1.92 bits per heavy atom. The Balaban J connectivity index is 4.37. The summed E-state index contributed by atoms with van der Waals surface area (Å²) < 4.78 is 0. The molecule has 0 fully saturated rings. The third kappa shape index (κ3) is 4.31. The summed E-state index contributed by atoms with van der Waals surface area (Å²) in [6.07, 6.45) is 9.12. The third-order valence-corrected chi connectivity index (χ3v) is 2.72. The molecule has 0 unspecified atom stereocenters. The van der Waals surface area contributed by atoms with E-state index in [4.69, 9.17) is 0 Å². The van der Waals surface area contributed by atoms with Crippen molar-refractivity contribution < 1.29 is 0 Å². The molecule has 0 aromatic rings. The van der Waals surface area contributed by atoms with Crippen LogP contribution >= 0.6 is 0 Å². The van der Waals surface area contributed by atoms with Gasteiger partial charge in [0.2, 0.25) is 0 Å². The molecule has 0 nitrogen and oxygen atoms in total. The van der Waals surface area contributed by atoms with Crippen LogP contribution in [0.15, 0.2) is 24.3 Å². The summed E-state index contributed by atoms with van der Waals surface area (Å²) in [6, 6.07) is 0. The Labute approximate surface area is 83.7 Å². The van der Waals surface area contributed by atoms with E-state index >= 15 is 0 Å². The van der Waals surface area contributed by atoms with Crippen molar-refractivity contribution in [2.75, 3.05) is 0 Å². The van der Waals surface area contributed by atoms with E-state index in [1.54, 1.807) is 0 Å². The average molecular weight is 180 g/mol. The van der Waals surface area contributed by atoms with Crippen LogP contribution in [0.25, 0.3) is 0 Å². The lowest BCUT2D eigenvalue weighted by molar-refractivity contribution is 0.382. The minimum atomic E-state index is 0.360. The van der Waals surface area contributed by atoms with Gasteiger partial charge in [-0.2, -0.15) is 0 Å². The molecule has 0 atom stereocenters. The first-order chi connectivity index (χ1) is 6.08. The van der Waals surface area contributed by atoms with Gasteiger partial charge in [-0.1, -0.05) is 64.8 Å². The van der Waals surface area contributed by atoms with Crippen LogP contribution in [0.5, 0.6) is 0 Å². The van der Waals surface area contributed by atoms with Gasteiger partial charge in [-0.3, -0.25) is 0 Å². The Kier molecular flexibility index (Phi) is 5.77. The Morgan fingerprint density at radius 3 is 2.31 bits per heavy atom. The highest BCUT2D eigenvalue weighted by Crippen LogP contribution is 2.33. The molecule has 0 radical (unpaired) electrons. The summed E-state index contributed by atoms with van der Waals surface area (Å²) in [4.78, 5) is 0. The molecule has 0 saturated carbocycles. The number of rotatable bonds is 6. The second-order valence-corrected chi connectivity index (χ2v) is 4.27. The lowest BCUT2D eigenvalue weighted by Gasteiger charge is -2.27. The first kappa shape index (κ1) is 12.5. The summed E-state index contributed by atoms with van der Waals surface area (Å²) in [5.74, 6) is 0. The summed E-state index contributed by atoms with van der Waals surface area (Å²) in [6.45, 7) is 12.9. The Morgan fingerprint density at radius 1 is 1.31 bits per heavy atom. The number of allylic oxidation sites excluding steroid dienone is 3. The van der Waals surface area contributed by atoms with Crippen molar-refractivity contribution in [1.82, 2.24) is 0 Å². The van der Waals surface area contributed by atoms with Crippen molar-refractivity contribution in [3.63, 3.8) is 0 Å². The molecule has 0 aliphatic rings. The van der Waals surface area contributed by atoms with Crippen LogP contribution in [0.4, 0.5) is 0 Å². The molecule has 0 aromatic heterocycles. The van der Waals surface area contributed by atoms with Crippen LogP contribution in [-0.2, 0) is 0 Å². The molecule has 0 N–H and O–H groups in total. The molecule has 0 saturated heterocycles. The van der Waals surface area contributed by atoms with E-state index in [-0.39, 0.29) is 0 Å². The lowest BCUT2D eigenvalue weighted by atomic mass is 9.78. The van der Waals surface area contributed by atoms with E-state index in [0.717, 1.165) is 6.42 Å². The highest BCUT2D eigenvalue weighted by atomic mass is 14.2. The van der Waals surface area contributed by atoms with Crippen LogP contribution in [0.1, 0.15) is 53.4 Å². The normalized spacial score (nSPS) is 13.1. The van der Waals surface area contributed by atoms with E-state index in [1.165, 1.54) is 24.8 Å². The van der Waals surface area contributed by atoms with Gasteiger partial charge in [-0.05, 0) is 18.3 Å². The van der Waals surface area contributed by atoms with Crippen molar-refractivity contribution >= 4 is 0 Å². The zero-order chi connectivity index (χ0) is 10.3. The molecule has 0 aliphatic carbocycles. The largest absolute Gasteiger partial charge is 0.0991 e. The smallest absolute Gasteiger partial charge is 0.0142 e. The van der Waals surface area contributed by atoms with E-state index in [9.17, 15) is 0 Å². The molecular formula is C13H24. The minimum Gasteiger partial charge on any atom is -0.0991 e. The number of hydrogen-bond acceptors (Lipinski definition) is 0. The van der Waals surface area contributed by atoms with Gasteiger partial charge in [-0.15, -0.1) is 0 Å². The van der Waals surface area contributed by atoms with Gasteiger partial charge < -0.3 is 0 Å². The van der Waals surface area contributed by atoms with Gasteiger partial charge in [0.15, 0.2) is 0 Å². The molecule has 0 amide bonds. The maximum absolute atomic E-state index is 3.77. The second kappa shape index (κ2) is 6.01. The van der Waals surface area contributed by atoms with E-state index in [1.807, 2.05) is 6.08 Å². The van der Waals surface area contributed by atoms with Crippen molar-refractivity contribution in [2.45, 2.75) is 53.4 Å². The molecule has 0 heteroatoms. The quantitative estimate of drug-likeness (QED) is 0.519. The van der Waals surface area contributed by atoms with Crippen molar-refractivity contribution in [2.24, 2.45) is 5.41 Å². The fourth-order valence-electron chi connectivity index (χ4n) is 1.74. The second-order valence-electron chi connectivity index (χ2n) is 4.27. The summed E-state index contributed by atoms with van der Waals surface area (Å²) in [7, 11) is 0. The fraction of sp³-hybridized carbons (Fsp3) is 0.692. The van der Waals surface area contributed by atoms with Gasteiger partial charge >= 0.3 is 0 Å². The fourth-order valence-corrected chi connectivity index (χ4v) is 1.74. The standard InChI is InChI=1S/C13H24/c1-6-9-11-13(4,5)12(8-3)10-7-2/h7,10H,2,6,8-9,11H2,1,3-5H3/b12-10+. The molecule has 76 valence electrons. The van der Waals surface area contributed by atoms with Crippen molar-refractivity contribution in [1.29, 1.82) is 0 Å². The van der Waals surface area contributed by atoms with Gasteiger partial charge in [0.25, 0.3) is 0 Å². The first-order valence-electron chi connectivity index (χ1n) is 5.40. The molecule has 13 heavy (non-hydrogen) atoms. The average Bonchev–Trinajstić information content (AvgIpc) is 2.10. The number of unbranched alkanes of at least 4 members (excludes halogenated alkanes) is 1. The van der Waals surface area contributed by atoms with Crippen LogP contribution < -0.4 is 0 Å². The van der Waals surface area contributed by atoms with Crippen LogP contribution in [0.3, 0.4) is 0 Å². The zero-order valence-corrected chi connectivity index (χ0v) is 9.69. The minimum absolute atomic E-state index is 0.360. The monoisotopic (exact) mass is 180 g/mol. The molecule has 0 spiro atoms. The molecule has 0 aromatic carbocycles. The molecule has 0 bridgehead atoms. The summed E-state index contributed by atoms with van der Waals surface area (Å²) >= 11 is 0. The van der Waals surface area contributed by atoms with Gasteiger partial charge in [-0.25, -0.2) is 0 Å². The maximum atomic E-state index is 3.77. The van der Waals surface area contributed by atoms with Crippen LogP contribution in [0.2, 0.25) is 0 Å². The molecule has 0 rings (SSSR count). The summed E-state index contributed by atoms with van der Waals surface area (Å²) in [5.41, 5.74) is 1.88. The maximum Gasteiger partial charge on any atom is -0.0142 e. The van der Waals surface area contributed by atoms with Crippen molar-refractivity contribution in [3.8, 4) is 0 Å². The lowest BCUT2D eigenvalue weighted by Crippen LogP contribution is -2.14. The highest BCUT2D eigenvalue weighted by Gasteiger charge is 2.20. The third-order valence-electron chi connectivity index (χ3n) is 2.72. The zero-order valence-electron chi connectivity index (χ0n) is 9.69. The van der Waals surface area contributed by atoms with Crippen molar-refractivity contribution in [3.05, 3.63) is 24.3 Å². The predicted octanol–water partition coefficient (Wildman–Crippen LogP) is 4.73. The Hall–Kier alpha value is -0.520. The molecular weight excluding hydrogens is 156 g/mol. The Bertz CT molecular complexity index is 172. The first-order valence-corrected chi connectivity index (χ1v) is 5.40. The molecule has 0 aliphatic heterocycles. The predicted molar refractivity (Wildman–Crippen MR) is 61.9 cm³/mol. The van der Waals surface area contributed by atoms with Gasteiger partial charge in [0.1, 0.15) is 0 Å². The molecule has 0 heterocycles. The van der Waals surface area contributed by atoms with E-state index in [0.29, 0.717) is 5.41 Å². The SMILES string of the molecule is C=C/C=C(\CC)C(C)(C)CCCC. The van der Waals surface area contributed by atoms with E-state index < -0.39 is 0 Å². The number of hydrogen-bond donors (Lipinski definition) is 0. The van der Waals surface area contributed by atoms with Crippen LogP contribution in [-0.4, -0.2) is 0 Å². The van der Waals surface area contributed by atoms with E-state index in [2.05, 4.69) is 40.3 Å². The van der Waals surface area contributed by atoms with Crippen LogP contribution in [0, 0.1) is 5.41 Å². The highest BCUT2D eigenvalue weighted by molar-refractivity contribution is 5.17.